The molecule has 0 radical (unpaired) electrons. The van der Waals surface area contributed by atoms with Gasteiger partial charge < -0.3 is 4.74 Å². The highest BCUT2D eigenvalue weighted by atomic mass is 19.3. The summed E-state index contributed by atoms with van der Waals surface area (Å²) in [5.41, 5.74) is 3.07. The number of halogens is 2. The first kappa shape index (κ1) is 27.3. The maximum absolute atomic E-state index is 13.2. The van der Waals surface area contributed by atoms with Crippen LogP contribution in [0.3, 0.4) is 0 Å². The lowest BCUT2D eigenvalue weighted by Gasteiger charge is -2.23. The van der Waals surface area contributed by atoms with E-state index < -0.39 is 29.8 Å². The summed E-state index contributed by atoms with van der Waals surface area (Å²) in [6.45, 7) is 15.6. The van der Waals surface area contributed by atoms with Crippen molar-refractivity contribution in [3.05, 3.63) is 46.7 Å². The van der Waals surface area contributed by atoms with Gasteiger partial charge >= 0.3 is 5.97 Å². The van der Waals surface area contributed by atoms with Crippen LogP contribution >= 0.6 is 0 Å². The first-order valence-electron chi connectivity index (χ1n) is 10.6. The van der Waals surface area contributed by atoms with Crippen LogP contribution < -0.4 is 5.43 Å². The second-order valence-electron chi connectivity index (χ2n) is 8.88. The fraction of sp³-hybridized carbons (Fsp3) is 0.542. The molecule has 1 aliphatic heterocycles. The minimum absolute atomic E-state index is 0.0377. The van der Waals surface area contributed by atoms with E-state index in [2.05, 4.69) is 12.0 Å². The fourth-order valence-electron chi connectivity index (χ4n) is 2.94. The summed E-state index contributed by atoms with van der Waals surface area (Å²) in [6, 6.07) is 0. The van der Waals surface area contributed by atoms with E-state index in [4.69, 9.17) is 4.74 Å². The molecule has 0 bridgehead atoms. The molecule has 0 fully saturated rings. The molecular formula is C24H34F2N2O4. The van der Waals surface area contributed by atoms with Gasteiger partial charge in [-0.1, -0.05) is 26.5 Å². The number of carbonyl (C=O) groups excluding carboxylic acids is 3. The summed E-state index contributed by atoms with van der Waals surface area (Å²) in [6.07, 6.45) is 0.675. The SMILES string of the molecule is C=C(C)/C(=C\C=C(\NN1C(=O)C(C)=C(CCC(=O)OC(C)(C)C)C1=O)C(C)CC)C(F)F. The van der Waals surface area contributed by atoms with Gasteiger partial charge in [0.2, 0.25) is 0 Å². The van der Waals surface area contributed by atoms with Gasteiger partial charge in [-0.05, 0) is 65.0 Å². The summed E-state index contributed by atoms with van der Waals surface area (Å²) in [7, 11) is 0. The van der Waals surface area contributed by atoms with Crippen molar-refractivity contribution in [3.63, 3.8) is 0 Å². The Bertz CT molecular complexity index is 864. The second kappa shape index (κ2) is 11.2. The lowest BCUT2D eigenvalue weighted by molar-refractivity contribution is -0.154. The van der Waals surface area contributed by atoms with E-state index in [-0.39, 0.29) is 41.1 Å². The first-order valence-corrected chi connectivity index (χ1v) is 10.6. The molecular weight excluding hydrogens is 418 g/mol. The minimum atomic E-state index is -2.69. The zero-order chi connectivity index (χ0) is 24.8. The number of hydrazine groups is 1. The summed E-state index contributed by atoms with van der Waals surface area (Å²) < 4.78 is 31.7. The number of alkyl halides is 2. The van der Waals surface area contributed by atoms with E-state index >= 15 is 0 Å². The summed E-state index contributed by atoms with van der Waals surface area (Å²) in [4.78, 5) is 37.6. The average molecular weight is 453 g/mol. The van der Waals surface area contributed by atoms with Crippen molar-refractivity contribution in [3.8, 4) is 0 Å². The Labute approximate surface area is 189 Å². The van der Waals surface area contributed by atoms with Crippen LogP contribution in [0.1, 0.15) is 67.7 Å². The molecule has 8 heteroatoms. The Morgan fingerprint density at radius 3 is 2.28 bits per heavy atom. The zero-order valence-corrected chi connectivity index (χ0v) is 20.0. The molecule has 0 aromatic carbocycles. The van der Waals surface area contributed by atoms with Crippen molar-refractivity contribution in [1.29, 1.82) is 0 Å². The molecule has 1 rings (SSSR count). The third-order valence-corrected chi connectivity index (χ3v) is 4.99. The number of imide groups is 1. The van der Waals surface area contributed by atoms with Crippen LogP contribution in [-0.4, -0.2) is 34.8 Å². The Hall–Kier alpha value is -2.77. The van der Waals surface area contributed by atoms with Crippen LogP contribution in [0.4, 0.5) is 8.78 Å². The lowest BCUT2D eigenvalue weighted by atomic mass is 10.0. The number of ether oxygens (including phenoxy) is 1. The highest BCUT2D eigenvalue weighted by Gasteiger charge is 2.37. The molecule has 0 saturated carbocycles. The maximum atomic E-state index is 13.2. The van der Waals surface area contributed by atoms with Crippen LogP contribution in [0.5, 0.6) is 0 Å². The number of carbonyl (C=O) groups is 3. The van der Waals surface area contributed by atoms with Gasteiger partial charge in [-0.15, -0.1) is 0 Å². The number of nitrogens with one attached hydrogen (secondary N) is 1. The van der Waals surface area contributed by atoms with Crippen LogP contribution in [0, 0.1) is 5.92 Å². The number of esters is 1. The second-order valence-corrected chi connectivity index (χ2v) is 8.88. The van der Waals surface area contributed by atoms with E-state index in [1.165, 1.54) is 26.0 Å². The Morgan fingerprint density at radius 2 is 1.81 bits per heavy atom. The van der Waals surface area contributed by atoms with Crippen molar-refractivity contribution in [2.24, 2.45) is 5.92 Å². The molecule has 1 N–H and O–H groups in total. The molecule has 32 heavy (non-hydrogen) atoms. The topological polar surface area (TPSA) is 75.7 Å². The van der Waals surface area contributed by atoms with E-state index in [0.717, 1.165) is 5.01 Å². The molecule has 0 aromatic heterocycles. The van der Waals surface area contributed by atoms with Crippen molar-refractivity contribution in [2.45, 2.75) is 79.8 Å². The van der Waals surface area contributed by atoms with Gasteiger partial charge in [-0.25, -0.2) is 8.78 Å². The number of rotatable bonds is 10. The lowest BCUT2D eigenvalue weighted by Crippen LogP contribution is -2.44. The van der Waals surface area contributed by atoms with E-state index in [9.17, 15) is 23.2 Å². The summed E-state index contributed by atoms with van der Waals surface area (Å²) >= 11 is 0. The third-order valence-electron chi connectivity index (χ3n) is 4.99. The van der Waals surface area contributed by atoms with E-state index in [0.29, 0.717) is 12.1 Å². The first-order chi connectivity index (χ1) is 14.7. The molecule has 0 aromatic rings. The van der Waals surface area contributed by atoms with Gasteiger partial charge in [0.1, 0.15) is 5.60 Å². The monoisotopic (exact) mass is 452 g/mol. The van der Waals surface area contributed by atoms with E-state index in [1.54, 1.807) is 20.8 Å². The highest BCUT2D eigenvalue weighted by Crippen LogP contribution is 2.26. The fourth-order valence-corrected chi connectivity index (χ4v) is 2.94. The molecule has 178 valence electrons. The van der Waals surface area contributed by atoms with Crippen molar-refractivity contribution in [2.75, 3.05) is 0 Å². The van der Waals surface area contributed by atoms with Crippen LogP contribution in [0.2, 0.25) is 0 Å². The van der Waals surface area contributed by atoms with Gasteiger partial charge in [0.25, 0.3) is 18.2 Å². The molecule has 0 aliphatic carbocycles. The number of hydrogen-bond acceptors (Lipinski definition) is 5. The van der Waals surface area contributed by atoms with Crippen LogP contribution in [0.25, 0.3) is 0 Å². The largest absolute Gasteiger partial charge is 0.460 e. The molecule has 6 nitrogen and oxygen atoms in total. The molecule has 1 unspecified atom stereocenters. The summed E-state index contributed by atoms with van der Waals surface area (Å²) in [5.74, 6) is -1.71. The normalized spacial score (nSPS) is 16.8. The van der Waals surface area contributed by atoms with Crippen molar-refractivity contribution < 1.29 is 27.9 Å². The molecule has 1 atom stereocenters. The molecule has 2 amide bonds. The highest BCUT2D eigenvalue weighted by molar-refractivity contribution is 6.18. The molecule has 1 aliphatic rings. The molecule has 0 spiro atoms. The van der Waals surface area contributed by atoms with Crippen LogP contribution in [-0.2, 0) is 19.1 Å². The maximum Gasteiger partial charge on any atom is 0.306 e. The Morgan fingerprint density at radius 1 is 1.22 bits per heavy atom. The summed E-state index contributed by atoms with van der Waals surface area (Å²) in [5, 5.41) is 0.869. The Kier molecular flexibility index (Phi) is 9.54. The minimum Gasteiger partial charge on any atom is -0.460 e. The Balaban J connectivity index is 3.07. The van der Waals surface area contributed by atoms with Gasteiger partial charge in [-0.2, -0.15) is 5.01 Å². The molecule has 0 saturated heterocycles. The van der Waals surface area contributed by atoms with Crippen molar-refractivity contribution >= 4 is 17.8 Å². The van der Waals surface area contributed by atoms with Gasteiger partial charge in [0.05, 0.1) is 0 Å². The van der Waals surface area contributed by atoms with Gasteiger partial charge in [-0.3, -0.25) is 19.8 Å². The third kappa shape index (κ3) is 7.43. The zero-order valence-electron chi connectivity index (χ0n) is 20.0. The predicted molar refractivity (Wildman–Crippen MR) is 119 cm³/mol. The standard InChI is InChI=1S/C24H34F2N2O4/c1-9-15(4)19(12-10-17(14(2)3)21(25)26)27-28-22(30)16(5)18(23(28)31)11-13-20(29)32-24(6,7)8/h10,12,15,21,27H,2,9,11,13H2,1,3-8H3/b17-10+,19-12+. The van der Waals surface area contributed by atoms with Gasteiger partial charge in [0, 0.05) is 28.8 Å². The van der Waals surface area contributed by atoms with Crippen molar-refractivity contribution in [1.82, 2.24) is 10.4 Å². The van der Waals surface area contributed by atoms with E-state index in [1.807, 2.05) is 13.8 Å². The number of allylic oxidation sites excluding steroid dienone is 5. The quantitative estimate of drug-likeness (QED) is 0.287. The van der Waals surface area contributed by atoms with Gasteiger partial charge in [0.15, 0.2) is 0 Å². The van der Waals surface area contributed by atoms with Crippen LogP contribution in [0.15, 0.2) is 46.7 Å². The predicted octanol–water partition coefficient (Wildman–Crippen LogP) is 5.00. The smallest absolute Gasteiger partial charge is 0.306 e. The average Bonchev–Trinajstić information content (AvgIpc) is 2.86. The molecule has 1 heterocycles. The number of nitrogens with zero attached hydrogens (tertiary/aromatic N) is 1. The number of amides is 2. The number of hydrogen-bond donors (Lipinski definition) is 1.